The molecule has 0 bridgehead atoms. The molecule has 222 valence electrons. The van der Waals surface area contributed by atoms with Crippen molar-refractivity contribution in [3.05, 3.63) is 94.5 Å². The molecule has 1 N–H and O–H groups in total. The van der Waals surface area contributed by atoms with Crippen LogP contribution in [0.4, 0.5) is 11.4 Å². The number of ether oxygens (including phenoxy) is 2. The number of pyridine rings is 1. The monoisotopic (exact) mass is 613 g/mol. The molecule has 2 aromatic heterocycles. The minimum absolute atomic E-state index is 0.145. The third kappa shape index (κ3) is 5.00. The SMILES string of the molecule is Cc1cc([C@@H]2[C@H](c3ccccn3)NC(=S)N2c2ccc(N3C[C@@H](C)C[C@H](C)C3)c(Cl)c2)c(C)n1-c1ccc2c(c1)OCO2. The van der Waals surface area contributed by atoms with Crippen LogP contribution < -0.4 is 24.6 Å². The largest absolute Gasteiger partial charge is 0.454 e. The first-order valence-electron chi connectivity index (χ1n) is 14.9. The Morgan fingerprint density at radius 1 is 0.930 bits per heavy atom. The molecule has 9 heteroatoms. The van der Waals surface area contributed by atoms with Crippen LogP contribution in [0, 0.1) is 25.7 Å². The lowest BCUT2D eigenvalue weighted by molar-refractivity contribution is 0.174. The smallest absolute Gasteiger partial charge is 0.231 e. The molecule has 2 aromatic carbocycles. The molecule has 4 atom stereocenters. The predicted molar refractivity (Wildman–Crippen MR) is 176 cm³/mol. The van der Waals surface area contributed by atoms with E-state index in [0.29, 0.717) is 16.9 Å². The Labute approximate surface area is 263 Å². The molecule has 0 radical (unpaired) electrons. The van der Waals surface area contributed by atoms with Crippen molar-refractivity contribution in [2.45, 2.75) is 46.2 Å². The molecule has 7 rings (SSSR count). The molecular formula is C34H36ClN5O2S. The summed E-state index contributed by atoms with van der Waals surface area (Å²) in [5, 5.41) is 5.00. The van der Waals surface area contributed by atoms with Gasteiger partial charge in [0, 0.05) is 48.1 Å². The Balaban J connectivity index is 1.31. The fraction of sp³-hybridized carbons (Fsp3) is 0.353. The average Bonchev–Trinajstić information content (AvgIpc) is 3.67. The number of hydrogen-bond donors (Lipinski definition) is 1. The first-order chi connectivity index (χ1) is 20.8. The maximum Gasteiger partial charge on any atom is 0.231 e. The topological polar surface area (TPSA) is 54.8 Å². The molecule has 0 aliphatic carbocycles. The van der Waals surface area contributed by atoms with E-state index in [1.165, 1.54) is 6.42 Å². The number of halogens is 1. The number of rotatable bonds is 5. The van der Waals surface area contributed by atoms with E-state index in [1.54, 1.807) is 0 Å². The molecule has 3 aliphatic heterocycles. The highest BCUT2D eigenvalue weighted by Gasteiger charge is 2.42. The van der Waals surface area contributed by atoms with Crippen LogP contribution in [0.3, 0.4) is 0 Å². The van der Waals surface area contributed by atoms with Gasteiger partial charge < -0.3 is 29.2 Å². The molecule has 0 amide bonds. The number of piperidine rings is 1. The summed E-state index contributed by atoms with van der Waals surface area (Å²) in [7, 11) is 0. The number of benzene rings is 2. The molecule has 3 aliphatic rings. The first-order valence-corrected chi connectivity index (χ1v) is 15.7. The van der Waals surface area contributed by atoms with E-state index in [2.05, 4.69) is 83.8 Å². The number of hydrogen-bond acceptors (Lipinski definition) is 5. The van der Waals surface area contributed by atoms with Gasteiger partial charge in [0.2, 0.25) is 6.79 Å². The van der Waals surface area contributed by atoms with Crippen LogP contribution in [0.2, 0.25) is 5.02 Å². The Morgan fingerprint density at radius 2 is 1.70 bits per heavy atom. The van der Waals surface area contributed by atoms with Gasteiger partial charge in [0.05, 0.1) is 28.5 Å². The molecule has 4 aromatic rings. The summed E-state index contributed by atoms with van der Waals surface area (Å²) in [6.45, 7) is 11.2. The zero-order valence-corrected chi connectivity index (χ0v) is 26.5. The normalized spacial score (nSPS) is 23.1. The van der Waals surface area contributed by atoms with Crippen molar-refractivity contribution >= 4 is 40.3 Å². The van der Waals surface area contributed by atoms with Gasteiger partial charge in [-0.2, -0.15) is 0 Å². The number of aryl methyl sites for hydroxylation is 1. The number of nitrogens with zero attached hydrogens (tertiary/aromatic N) is 4. The van der Waals surface area contributed by atoms with E-state index < -0.39 is 0 Å². The van der Waals surface area contributed by atoms with E-state index in [4.69, 9.17) is 38.3 Å². The minimum atomic E-state index is -0.151. The van der Waals surface area contributed by atoms with Gasteiger partial charge in [-0.3, -0.25) is 4.98 Å². The molecular weight excluding hydrogens is 578 g/mol. The number of thiocarbonyl (C=S) groups is 1. The Hall–Kier alpha value is -3.75. The second-order valence-electron chi connectivity index (χ2n) is 12.2. The van der Waals surface area contributed by atoms with Gasteiger partial charge in [0.1, 0.15) is 0 Å². The third-order valence-corrected chi connectivity index (χ3v) is 9.54. The van der Waals surface area contributed by atoms with Crippen molar-refractivity contribution in [3.8, 4) is 17.2 Å². The number of nitrogens with one attached hydrogen (secondary N) is 1. The van der Waals surface area contributed by atoms with Gasteiger partial charge in [-0.05, 0) is 98.4 Å². The van der Waals surface area contributed by atoms with Crippen molar-refractivity contribution in [2.75, 3.05) is 29.7 Å². The lowest BCUT2D eigenvalue weighted by atomic mass is 9.91. The van der Waals surface area contributed by atoms with Crippen molar-refractivity contribution in [1.82, 2.24) is 14.9 Å². The highest BCUT2D eigenvalue weighted by molar-refractivity contribution is 7.80. The van der Waals surface area contributed by atoms with Crippen LogP contribution in [-0.2, 0) is 0 Å². The van der Waals surface area contributed by atoms with Gasteiger partial charge in [0.25, 0.3) is 0 Å². The summed E-state index contributed by atoms with van der Waals surface area (Å²) in [6, 6.07) is 20.5. The molecule has 7 nitrogen and oxygen atoms in total. The summed E-state index contributed by atoms with van der Waals surface area (Å²) in [6.07, 6.45) is 3.09. The van der Waals surface area contributed by atoms with E-state index in [1.807, 2.05) is 30.5 Å². The maximum absolute atomic E-state index is 7.05. The van der Waals surface area contributed by atoms with Crippen LogP contribution in [0.15, 0.2) is 66.9 Å². The summed E-state index contributed by atoms with van der Waals surface area (Å²) >= 11 is 13.1. The molecule has 0 unspecified atom stereocenters. The predicted octanol–water partition coefficient (Wildman–Crippen LogP) is 7.53. The van der Waals surface area contributed by atoms with E-state index in [-0.39, 0.29) is 18.9 Å². The Morgan fingerprint density at radius 3 is 2.44 bits per heavy atom. The Kier molecular flexibility index (Phi) is 7.22. The lowest BCUT2D eigenvalue weighted by Gasteiger charge is -2.37. The van der Waals surface area contributed by atoms with Crippen LogP contribution in [0.25, 0.3) is 5.69 Å². The summed E-state index contributed by atoms with van der Waals surface area (Å²) in [5.41, 5.74) is 7.41. The van der Waals surface area contributed by atoms with Crippen LogP contribution in [0.5, 0.6) is 11.5 Å². The van der Waals surface area contributed by atoms with Gasteiger partial charge in [0.15, 0.2) is 16.6 Å². The zero-order valence-electron chi connectivity index (χ0n) is 24.9. The van der Waals surface area contributed by atoms with E-state index in [9.17, 15) is 0 Å². The summed E-state index contributed by atoms with van der Waals surface area (Å²) in [5.74, 6) is 2.80. The van der Waals surface area contributed by atoms with Crippen molar-refractivity contribution in [3.63, 3.8) is 0 Å². The van der Waals surface area contributed by atoms with Crippen molar-refractivity contribution in [2.24, 2.45) is 11.8 Å². The quantitative estimate of drug-likeness (QED) is 0.234. The van der Waals surface area contributed by atoms with E-state index in [0.717, 1.165) is 69.3 Å². The van der Waals surface area contributed by atoms with E-state index >= 15 is 0 Å². The van der Waals surface area contributed by atoms with Gasteiger partial charge in [-0.1, -0.05) is 31.5 Å². The summed E-state index contributed by atoms with van der Waals surface area (Å²) in [4.78, 5) is 9.38. The lowest BCUT2D eigenvalue weighted by Crippen LogP contribution is -2.38. The highest BCUT2D eigenvalue weighted by Crippen LogP contribution is 2.46. The highest BCUT2D eigenvalue weighted by atomic mass is 35.5. The van der Waals surface area contributed by atoms with Crippen LogP contribution in [0.1, 0.15) is 55.0 Å². The van der Waals surface area contributed by atoms with Crippen molar-refractivity contribution < 1.29 is 9.47 Å². The standard InChI is InChI=1S/C34H36ClN5O2S/c1-20-13-21(2)18-38(17-20)29-10-8-24(15-27(29)35)40-33(32(37-34(40)43)28-7-5-6-12-36-28)26-14-22(3)39(23(26)4)25-9-11-30-31(16-25)42-19-41-30/h5-12,14-16,20-21,32-33H,13,17-19H2,1-4H3,(H,37,43)/t20-,21-,32-,33+/m0/s1. The average molecular weight is 614 g/mol. The number of anilines is 2. The first kappa shape index (κ1) is 28.0. The van der Waals surface area contributed by atoms with Crippen molar-refractivity contribution in [1.29, 1.82) is 0 Å². The van der Waals surface area contributed by atoms with Crippen LogP contribution >= 0.6 is 23.8 Å². The minimum Gasteiger partial charge on any atom is -0.454 e. The van der Waals surface area contributed by atoms with Gasteiger partial charge in [-0.25, -0.2) is 0 Å². The fourth-order valence-electron chi connectivity index (χ4n) is 7.22. The second-order valence-corrected chi connectivity index (χ2v) is 13.0. The molecule has 2 saturated heterocycles. The van der Waals surface area contributed by atoms with Gasteiger partial charge >= 0.3 is 0 Å². The maximum atomic E-state index is 7.05. The molecule has 5 heterocycles. The summed E-state index contributed by atoms with van der Waals surface area (Å²) < 4.78 is 13.5. The zero-order chi connectivity index (χ0) is 29.8. The second kappa shape index (κ2) is 11.1. The Bertz CT molecular complexity index is 1680. The van der Waals surface area contributed by atoms with Crippen LogP contribution in [-0.4, -0.2) is 34.5 Å². The molecule has 0 saturated carbocycles. The fourth-order valence-corrected chi connectivity index (χ4v) is 7.86. The number of fused-ring (bicyclic) bond motifs is 1. The van der Waals surface area contributed by atoms with Gasteiger partial charge in [-0.15, -0.1) is 0 Å². The molecule has 43 heavy (non-hydrogen) atoms. The number of aromatic nitrogens is 2. The third-order valence-electron chi connectivity index (χ3n) is 8.92. The molecule has 2 fully saturated rings. The molecule has 0 spiro atoms.